The Hall–Kier alpha value is -3.67. The lowest BCUT2D eigenvalue weighted by Gasteiger charge is -2.08. The van der Waals surface area contributed by atoms with Crippen LogP contribution in [0.5, 0.6) is 5.75 Å². The second kappa shape index (κ2) is 9.89. The lowest BCUT2D eigenvalue weighted by molar-refractivity contribution is 0.0828. The summed E-state index contributed by atoms with van der Waals surface area (Å²) in [5.41, 5.74) is 4.59. The van der Waals surface area contributed by atoms with E-state index in [-0.39, 0.29) is 22.8 Å². The van der Waals surface area contributed by atoms with E-state index in [2.05, 4.69) is 15.7 Å². The number of benzene rings is 2. The number of para-hydroxylation sites is 1. The van der Waals surface area contributed by atoms with E-state index in [1.165, 1.54) is 37.4 Å². The van der Waals surface area contributed by atoms with Gasteiger partial charge in [0, 0.05) is 5.56 Å². The third kappa shape index (κ3) is 5.92. The van der Waals surface area contributed by atoms with Crippen LogP contribution in [0.15, 0.2) is 76.0 Å². The molecule has 1 heterocycles. The Balaban J connectivity index is 1.52. The molecule has 3 rings (SSSR count). The molecular formula is C20H19N3O7S. The number of furan rings is 1. The first-order valence-electron chi connectivity index (χ1n) is 8.91. The van der Waals surface area contributed by atoms with Gasteiger partial charge in [0.2, 0.25) is 0 Å². The molecule has 0 saturated heterocycles. The summed E-state index contributed by atoms with van der Waals surface area (Å²) in [7, 11) is -2.66. The van der Waals surface area contributed by atoms with E-state index in [4.69, 9.17) is 9.15 Å². The molecule has 0 atom stereocenters. The van der Waals surface area contributed by atoms with Crippen molar-refractivity contribution in [2.24, 2.45) is 0 Å². The van der Waals surface area contributed by atoms with Gasteiger partial charge < -0.3 is 9.15 Å². The molecule has 0 fully saturated rings. The van der Waals surface area contributed by atoms with Crippen LogP contribution >= 0.6 is 0 Å². The molecule has 3 aromatic rings. The maximum atomic E-state index is 12.2. The number of rotatable bonds is 8. The van der Waals surface area contributed by atoms with Crippen molar-refractivity contribution >= 4 is 21.8 Å². The van der Waals surface area contributed by atoms with Crippen LogP contribution in [-0.4, -0.2) is 27.3 Å². The topological polar surface area (TPSA) is 136 Å². The molecule has 0 unspecified atom stereocenters. The van der Waals surface area contributed by atoms with Gasteiger partial charge in [-0.2, -0.15) is 0 Å². The van der Waals surface area contributed by atoms with E-state index in [9.17, 15) is 18.0 Å². The van der Waals surface area contributed by atoms with Gasteiger partial charge in [-0.1, -0.05) is 23.1 Å². The number of amides is 2. The van der Waals surface area contributed by atoms with Crippen molar-refractivity contribution in [1.29, 1.82) is 0 Å². The summed E-state index contributed by atoms with van der Waals surface area (Å²) in [6.45, 7) is 0.136. The molecule has 2 amide bonds. The summed E-state index contributed by atoms with van der Waals surface area (Å²) in [5.74, 6) is -0.228. The van der Waals surface area contributed by atoms with Gasteiger partial charge in [-0.05, 0) is 48.5 Å². The number of ether oxygens (including phenoxy) is 1. The van der Waals surface area contributed by atoms with Gasteiger partial charge in [-0.25, -0.2) is 8.42 Å². The van der Waals surface area contributed by atoms with E-state index in [1.807, 2.05) is 23.1 Å². The Morgan fingerprint density at radius 3 is 2.26 bits per heavy atom. The first kappa shape index (κ1) is 22.0. The lowest BCUT2D eigenvalue weighted by atomic mass is 10.2. The summed E-state index contributed by atoms with van der Waals surface area (Å²) in [6, 6.07) is 17.2. The van der Waals surface area contributed by atoms with Crippen LogP contribution in [0.3, 0.4) is 0 Å². The second-order valence-electron chi connectivity index (χ2n) is 6.09. The molecule has 0 saturated carbocycles. The Morgan fingerprint density at radius 1 is 0.903 bits per heavy atom. The fourth-order valence-corrected chi connectivity index (χ4v) is 3.25. The fraction of sp³-hybridized carbons (Fsp3) is 0.100. The van der Waals surface area contributed by atoms with Crippen LogP contribution in [0, 0.1) is 0 Å². The summed E-state index contributed by atoms with van der Waals surface area (Å²) in [5, 5.41) is 0. The van der Waals surface area contributed by atoms with E-state index in [0.29, 0.717) is 11.5 Å². The minimum Gasteiger partial charge on any atom is -0.486 e. The number of hydrogen-bond acceptors (Lipinski definition) is 7. The van der Waals surface area contributed by atoms with Crippen molar-refractivity contribution in [3.05, 3.63) is 83.8 Å². The average Bonchev–Trinajstić information content (AvgIpc) is 3.26. The third-order valence-electron chi connectivity index (χ3n) is 3.92. The molecule has 10 nitrogen and oxygen atoms in total. The molecule has 11 heteroatoms. The Morgan fingerprint density at radius 2 is 1.58 bits per heavy atom. The largest absolute Gasteiger partial charge is 0.486 e. The molecule has 0 aliphatic heterocycles. The number of carbonyl (C=O) groups is 2. The van der Waals surface area contributed by atoms with Gasteiger partial charge in [-0.15, -0.1) is 0 Å². The SMILES string of the molecule is CONS(=O)(=O)c1ccc(C(=O)NNC(=O)c2ccc(COc3ccccc3)o2)cc1. The zero-order valence-electron chi connectivity index (χ0n) is 16.3. The minimum atomic E-state index is -3.83. The van der Waals surface area contributed by atoms with Gasteiger partial charge in [0.05, 0.1) is 12.0 Å². The maximum Gasteiger partial charge on any atom is 0.305 e. The highest BCUT2D eigenvalue weighted by molar-refractivity contribution is 7.89. The summed E-state index contributed by atoms with van der Waals surface area (Å²) >= 11 is 0. The summed E-state index contributed by atoms with van der Waals surface area (Å²) < 4.78 is 34.5. The van der Waals surface area contributed by atoms with Crippen molar-refractivity contribution in [3.63, 3.8) is 0 Å². The zero-order valence-corrected chi connectivity index (χ0v) is 17.1. The van der Waals surface area contributed by atoms with Gasteiger partial charge >= 0.3 is 5.91 Å². The van der Waals surface area contributed by atoms with Crippen LogP contribution in [-0.2, 0) is 21.5 Å². The highest BCUT2D eigenvalue weighted by Gasteiger charge is 2.16. The number of hydrazine groups is 1. The first-order valence-corrected chi connectivity index (χ1v) is 10.4. The Kier molecular flexibility index (Phi) is 7.03. The minimum absolute atomic E-state index is 0.0148. The molecule has 3 N–H and O–H groups in total. The molecule has 0 radical (unpaired) electrons. The number of carbonyl (C=O) groups excluding carboxylic acids is 2. The molecule has 31 heavy (non-hydrogen) atoms. The zero-order chi connectivity index (χ0) is 22.3. The molecule has 0 bridgehead atoms. The normalized spacial score (nSPS) is 11.0. The average molecular weight is 445 g/mol. The van der Waals surface area contributed by atoms with Gasteiger partial charge in [-0.3, -0.25) is 25.3 Å². The maximum absolute atomic E-state index is 12.2. The molecular weight excluding hydrogens is 426 g/mol. The van der Waals surface area contributed by atoms with Crippen molar-refractivity contribution in [3.8, 4) is 5.75 Å². The predicted octanol–water partition coefficient (Wildman–Crippen LogP) is 1.77. The van der Waals surface area contributed by atoms with Gasteiger partial charge in [0.1, 0.15) is 18.1 Å². The van der Waals surface area contributed by atoms with E-state index in [0.717, 1.165) is 0 Å². The highest BCUT2D eigenvalue weighted by Crippen LogP contribution is 2.14. The molecule has 1 aromatic heterocycles. The quantitative estimate of drug-likeness (QED) is 0.450. The van der Waals surface area contributed by atoms with Crippen molar-refractivity contribution < 1.29 is 32.0 Å². The number of sulfonamides is 1. The predicted molar refractivity (Wildman–Crippen MR) is 108 cm³/mol. The number of hydrogen-bond donors (Lipinski definition) is 3. The first-order chi connectivity index (χ1) is 14.9. The molecule has 2 aromatic carbocycles. The van der Waals surface area contributed by atoms with Gasteiger partial charge in [0.15, 0.2) is 5.76 Å². The summed E-state index contributed by atoms with van der Waals surface area (Å²) in [6.07, 6.45) is 0. The van der Waals surface area contributed by atoms with E-state index < -0.39 is 21.8 Å². The summed E-state index contributed by atoms with van der Waals surface area (Å²) in [4.78, 5) is 30.5. The van der Waals surface area contributed by atoms with Crippen LogP contribution in [0.4, 0.5) is 0 Å². The second-order valence-corrected chi connectivity index (χ2v) is 7.74. The Bertz CT molecular complexity index is 1140. The van der Waals surface area contributed by atoms with Crippen molar-refractivity contribution in [1.82, 2.24) is 15.7 Å². The molecule has 0 aliphatic rings. The van der Waals surface area contributed by atoms with E-state index in [1.54, 1.807) is 18.2 Å². The van der Waals surface area contributed by atoms with Crippen LogP contribution in [0.25, 0.3) is 0 Å². The third-order valence-corrected chi connectivity index (χ3v) is 5.20. The van der Waals surface area contributed by atoms with Crippen LogP contribution in [0.1, 0.15) is 26.7 Å². The van der Waals surface area contributed by atoms with E-state index >= 15 is 0 Å². The van der Waals surface area contributed by atoms with Crippen LogP contribution < -0.4 is 20.5 Å². The Labute approximate surface area is 178 Å². The monoisotopic (exact) mass is 445 g/mol. The highest BCUT2D eigenvalue weighted by atomic mass is 32.2. The molecule has 0 spiro atoms. The van der Waals surface area contributed by atoms with Gasteiger partial charge in [0.25, 0.3) is 15.9 Å². The fourth-order valence-electron chi connectivity index (χ4n) is 2.44. The molecule has 0 aliphatic carbocycles. The lowest BCUT2D eigenvalue weighted by Crippen LogP contribution is -2.41. The standard InChI is InChI=1S/C20H19N3O7S/c1-28-23-31(26,27)17-10-7-14(8-11-17)19(24)21-22-20(25)18-12-9-16(30-18)13-29-15-5-3-2-4-6-15/h2-12,23H,13H2,1H3,(H,21,24)(H,22,25). The van der Waals surface area contributed by atoms with Crippen molar-refractivity contribution in [2.75, 3.05) is 7.11 Å². The number of nitrogens with one attached hydrogen (secondary N) is 3. The van der Waals surface area contributed by atoms with Crippen LogP contribution in [0.2, 0.25) is 0 Å². The molecule has 162 valence electrons. The smallest absolute Gasteiger partial charge is 0.305 e. The van der Waals surface area contributed by atoms with Crippen molar-refractivity contribution in [2.45, 2.75) is 11.5 Å².